The van der Waals surface area contributed by atoms with Crippen molar-refractivity contribution in [1.82, 2.24) is 10.6 Å². The van der Waals surface area contributed by atoms with Crippen LogP contribution in [-0.4, -0.2) is 17.5 Å². The molecule has 4 N–H and O–H groups in total. The summed E-state index contributed by atoms with van der Waals surface area (Å²) >= 11 is 0. The van der Waals surface area contributed by atoms with E-state index in [1.54, 1.807) is 0 Å². The van der Waals surface area contributed by atoms with Crippen LogP contribution in [0.4, 0.5) is 4.79 Å². The van der Waals surface area contributed by atoms with Crippen molar-refractivity contribution < 1.29 is 9.59 Å². The minimum Gasteiger partial charge on any atom is -0.352 e. The fourth-order valence-corrected chi connectivity index (χ4v) is 6.18. The Hall–Kier alpha value is -2.04. The molecule has 1 aromatic carbocycles. The van der Waals surface area contributed by atoms with E-state index in [1.807, 2.05) is 31.2 Å². The van der Waals surface area contributed by atoms with Gasteiger partial charge in [0, 0.05) is 5.54 Å². The molecule has 4 aliphatic rings. The standard InChI is InChI=1S/C21H29N3O2/c1-13-4-2-3-5-17(13)18(23-20(22)26)9-19(25)24-21-10-14-6-15(11-21)8-16(7-14)12-21/h2-5,14-16,18H,6-12H2,1H3,(H,24,25)(H3,22,23,26). The molecule has 4 fully saturated rings. The smallest absolute Gasteiger partial charge is 0.312 e. The van der Waals surface area contributed by atoms with E-state index < -0.39 is 6.03 Å². The quantitative estimate of drug-likeness (QED) is 0.758. The summed E-state index contributed by atoms with van der Waals surface area (Å²) in [6.45, 7) is 1.99. The van der Waals surface area contributed by atoms with Crippen molar-refractivity contribution >= 4 is 11.9 Å². The van der Waals surface area contributed by atoms with Gasteiger partial charge in [-0.05, 0) is 74.3 Å². The Kier molecular flexibility index (Phi) is 4.41. The largest absolute Gasteiger partial charge is 0.352 e. The van der Waals surface area contributed by atoms with Crippen LogP contribution in [0.1, 0.15) is 62.1 Å². The van der Waals surface area contributed by atoms with Crippen molar-refractivity contribution in [3.05, 3.63) is 35.4 Å². The molecule has 5 nitrogen and oxygen atoms in total. The highest BCUT2D eigenvalue weighted by atomic mass is 16.2. The number of benzene rings is 1. The molecule has 0 heterocycles. The molecule has 4 saturated carbocycles. The third kappa shape index (κ3) is 3.44. The van der Waals surface area contributed by atoms with Crippen molar-refractivity contribution in [1.29, 1.82) is 0 Å². The molecule has 0 aliphatic heterocycles. The first kappa shape index (κ1) is 17.4. The van der Waals surface area contributed by atoms with E-state index in [0.29, 0.717) is 0 Å². The molecular formula is C21H29N3O2. The van der Waals surface area contributed by atoms with E-state index in [-0.39, 0.29) is 23.9 Å². The third-order valence-electron chi connectivity index (χ3n) is 6.71. The van der Waals surface area contributed by atoms with E-state index >= 15 is 0 Å². The van der Waals surface area contributed by atoms with E-state index in [2.05, 4.69) is 10.6 Å². The molecule has 1 atom stereocenters. The zero-order valence-corrected chi connectivity index (χ0v) is 15.5. The first-order valence-corrected chi connectivity index (χ1v) is 9.85. The topological polar surface area (TPSA) is 84.2 Å². The van der Waals surface area contributed by atoms with Crippen LogP contribution in [0.25, 0.3) is 0 Å². The Morgan fingerprint density at radius 1 is 1.12 bits per heavy atom. The highest BCUT2D eigenvalue weighted by Crippen LogP contribution is 2.55. The van der Waals surface area contributed by atoms with Gasteiger partial charge in [0.05, 0.1) is 12.5 Å². The zero-order chi connectivity index (χ0) is 18.3. The van der Waals surface area contributed by atoms with Crippen LogP contribution in [0, 0.1) is 24.7 Å². The molecule has 26 heavy (non-hydrogen) atoms. The van der Waals surface area contributed by atoms with Crippen molar-refractivity contribution in [2.45, 2.75) is 63.5 Å². The highest BCUT2D eigenvalue weighted by molar-refractivity contribution is 5.79. The summed E-state index contributed by atoms with van der Waals surface area (Å²) in [5, 5.41) is 6.14. The number of hydrogen-bond donors (Lipinski definition) is 3. The normalized spacial score (nSPS) is 32.9. The maximum atomic E-state index is 12.9. The SMILES string of the molecule is Cc1ccccc1C(CC(=O)NC12CC3CC(CC(C3)C1)C2)NC(N)=O. The van der Waals surface area contributed by atoms with E-state index in [4.69, 9.17) is 5.73 Å². The number of aryl methyl sites for hydroxylation is 1. The Bertz CT molecular complexity index is 680. The van der Waals surface area contributed by atoms with Crippen molar-refractivity contribution in [3.63, 3.8) is 0 Å². The lowest BCUT2D eigenvalue weighted by molar-refractivity contribution is -0.127. The van der Waals surface area contributed by atoms with Gasteiger partial charge in [-0.2, -0.15) is 0 Å². The molecule has 0 spiro atoms. The van der Waals surface area contributed by atoms with E-state index in [1.165, 1.54) is 19.3 Å². The minimum absolute atomic E-state index is 0.00512. The maximum Gasteiger partial charge on any atom is 0.312 e. The second-order valence-electron chi connectivity index (χ2n) is 8.87. The number of rotatable bonds is 5. The van der Waals surface area contributed by atoms with Crippen LogP contribution in [0.15, 0.2) is 24.3 Å². The molecule has 5 rings (SSSR count). The van der Waals surface area contributed by atoms with Crippen LogP contribution in [0.3, 0.4) is 0 Å². The fraction of sp³-hybridized carbons (Fsp3) is 0.619. The number of hydrogen-bond acceptors (Lipinski definition) is 2. The van der Waals surface area contributed by atoms with Crippen molar-refractivity contribution in [3.8, 4) is 0 Å². The molecule has 3 amide bonds. The van der Waals surface area contributed by atoms with Gasteiger partial charge in [-0.15, -0.1) is 0 Å². The van der Waals surface area contributed by atoms with Gasteiger partial charge in [-0.25, -0.2) is 4.79 Å². The molecule has 1 unspecified atom stereocenters. The molecule has 4 bridgehead atoms. The summed E-state index contributed by atoms with van der Waals surface area (Å²) in [5.74, 6) is 2.39. The highest BCUT2D eigenvalue weighted by Gasteiger charge is 2.51. The summed E-state index contributed by atoms with van der Waals surface area (Å²) in [5.41, 5.74) is 7.36. The lowest BCUT2D eigenvalue weighted by Gasteiger charge is -2.57. The molecule has 4 aliphatic carbocycles. The van der Waals surface area contributed by atoms with Crippen LogP contribution in [0.2, 0.25) is 0 Å². The number of nitrogens with one attached hydrogen (secondary N) is 2. The molecule has 0 aromatic heterocycles. The predicted octanol–water partition coefficient (Wildman–Crippen LogP) is 3.18. The summed E-state index contributed by atoms with van der Waals surface area (Å²) in [6, 6.07) is 6.84. The van der Waals surface area contributed by atoms with Crippen LogP contribution < -0.4 is 16.4 Å². The van der Waals surface area contributed by atoms with Crippen molar-refractivity contribution in [2.24, 2.45) is 23.5 Å². The monoisotopic (exact) mass is 355 g/mol. The number of carbonyl (C=O) groups is 2. The molecule has 0 radical (unpaired) electrons. The fourth-order valence-electron chi connectivity index (χ4n) is 6.18. The molecule has 0 saturated heterocycles. The lowest BCUT2D eigenvalue weighted by Crippen LogP contribution is -2.60. The van der Waals surface area contributed by atoms with Gasteiger partial charge in [-0.3, -0.25) is 4.79 Å². The number of carbonyl (C=O) groups excluding carboxylic acids is 2. The van der Waals surface area contributed by atoms with E-state index in [9.17, 15) is 9.59 Å². The van der Waals surface area contributed by atoms with Gasteiger partial charge in [0.1, 0.15) is 0 Å². The first-order valence-electron chi connectivity index (χ1n) is 9.85. The number of urea groups is 1. The Morgan fingerprint density at radius 2 is 1.69 bits per heavy atom. The summed E-state index contributed by atoms with van der Waals surface area (Å²) in [6.07, 6.45) is 7.67. The number of primary amides is 1. The van der Waals surface area contributed by atoms with E-state index in [0.717, 1.165) is 48.1 Å². The predicted molar refractivity (Wildman–Crippen MR) is 100 cm³/mol. The molecular weight excluding hydrogens is 326 g/mol. The summed E-state index contributed by atoms with van der Waals surface area (Å²) in [4.78, 5) is 24.4. The van der Waals surface area contributed by atoms with Gasteiger partial charge in [0.15, 0.2) is 0 Å². The van der Waals surface area contributed by atoms with Gasteiger partial charge < -0.3 is 16.4 Å². The van der Waals surface area contributed by atoms with Crippen LogP contribution in [-0.2, 0) is 4.79 Å². The van der Waals surface area contributed by atoms with Gasteiger partial charge in [0.2, 0.25) is 5.91 Å². The Labute approximate surface area is 155 Å². The second kappa shape index (κ2) is 6.60. The Balaban J connectivity index is 1.47. The second-order valence-corrected chi connectivity index (χ2v) is 8.87. The molecule has 140 valence electrons. The van der Waals surface area contributed by atoms with Gasteiger partial charge in [0.25, 0.3) is 0 Å². The lowest BCUT2D eigenvalue weighted by atomic mass is 9.53. The average molecular weight is 355 g/mol. The van der Waals surface area contributed by atoms with Crippen molar-refractivity contribution in [2.75, 3.05) is 0 Å². The first-order chi connectivity index (χ1) is 12.4. The van der Waals surface area contributed by atoms with Crippen LogP contribution >= 0.6 is 0 Å². The maximum absolute atomic E-state index is 12.9. The minimum atomic E-state index is -0.596. The number of amides is 3. The zero-order valence-electron chi connectivity index (χ0n) is 15.5. The third-order valence-corrected chi connectivity index (χ3v) is 6.71. The molecule has 5 heteroatoms. The van der Waals surface area contributed by atoms with Gasteiger partial charge >= 0.3 is 6.03 Å². The average Bonchev–Trinajstić information content (AvgIpc) is 2.52. The van der Waals surface area contributed by atoms with Crippen LogP contribution in [0.5, 0.6) is 0 Å². The van der Waals surface area contributed by atoms with Gasteiger partial charge in [-0.1, -0.05) is 24.3 Å². The summed E-state index contributed by atoms with van der Waals surface area (Å²) < 4.78 is 0. The summed E-state index contributed by atoms with van der Waals surface area (Å²) in [7, 11) is 0. The Morgan fingerprint density at radius 3 is 2.23 bits per heavy atom. The molecule has 1 aromatic rings. The number of nitrogens with two attached hydrogens (primary N) is 1.